The molecule has 51 heavy (non-hydrogen) atoms. The number of halogens is 2. The molecule has 2 aliphatic heterocycles. The van der Waals surface area contributed by atoms with Gasteiger partial charge in [0.25, 0.3) is 11.8 Å². The number of carbonyl (C=O) groups is 4. The maximum absolute atomic E-state index is 14.6. The lowest BCUT2D eigenvalue weighted by Gasteiger charge is -2.36. The Labute approximate surface area is 306 Å². The molecule has 1 aromatic carbocycles. The van der Waals surface area contributed by atoms with Gasteiger partial charge in [0.1, 0.15) is 28.9 Å². The molecule has 0 radical (unpaired) electrons. The zero-order valence-corrected chi connectivity index (χ0v) is 30.8. The number of alkyl halides is 1. The Hall–Kier alpha value is -4.13. The van der Waals surface area contributed by atoms with Crippen molar-refractivity contribution in [3.05, 3.63) is 35.0 Å². The summed E-state index contributed by atoms with van der Waals surface area (Å²) in [5.41, 5.74) is -0.834. The molecule has 3 heterocycles. The number of hydrogen-bond acceptors (Lipinski definition) is 11. The zero-order chi connectivity index (χ0) is 36.8. The molecule has 13 nitrogen and oxygen atoms in total. The number of ether oxygens (including phenoxy) is 1. The monoisotopic (exact) mass is 742 g/mol. The third kappa shape index (κ3) is 9.22. The number of aldehydes is 1. The fourth-order valence-electron chi connectivity index (χ4n) is 5.97. The van der Waals surface area contributed by atoms with Crippen LogP contribution in [-0.2, 0) is 14.4 Å². The predicted molar refractivity (Wildman–Crippen MR) is 195 cm³/mol. The van der Waals surface area contributed by atoms with Gasteiger partial charge in [-0.25, -0.2) is 9.37 Å². The highest BCUT2D eigenvalue weighted by Gasteiger charge is 2.53. The van der Waals surface area contributed by atoms with E-state index in [0.29, 0.717) is 91.7 Å². The van der Waals surface area contributed by atoms with E-state index < -0.39 is 28.4 Å². The second-order valence-corrected chi connectivity index (χ2v) is 15.3. The van der Waals surface area contributed by atoms with Crippen molar-refractivity contribution in [2.75, 3.05) is 69.8 Å². The Balaban J connectivity index is 1.11. The van der Waals surface area contributed by atoms with Crippen molar-refractivity contribution in [1.82, 2.24) is 30.0 Å². The average Bonchev–Trinajstić information content (AvgIpc) is 3.70. The molecule has 3 N–H and O–H groups in total. The van der Waals surface area contributed by atoms with Gasteiger partial charge in [-0.1, -0.05) is 23.4 Å². The normalized spacial score (nSPS) is 19.0. The van der Waals surface area contributed by atoms with E-state index in [9.17, 15) is 23.6 Å². The van der Waals surface area contributed by atoms with Gasteiger partial charge in [0.05, 0.1) is 37.3 Å². The molecular weight excluding hydrogens is 699 g/mol. The van der Waals surface area contributed by atoms with Crippen LogP contribution in [0.4, 0.5) is 21.8 Å². The summed E-state index contributed by atoms with van der Waals surface area (Å²) >= 11 is 7.49. The van der Waals surface area contributed by atoms with E-state index in [1.54, 1.807) is 30.1 Å². The van der Waals surface area contributed by atoms with Gasteiger partial charge in [0.2, 0.25) is 11.9 Å². The SMILES string of the molecule is CNc1nc(Nc2ccc(C(=O)N3CCN(CC#CCSC(C)(C)C(NC(=O)C4(F)CC4)C(=O)N4CCCC4C=O)CC3)cc2OC)ncc1Cl. The highest BCUT2D eigenvalue weighted by molar-refractivity contribution is 8.00. The number of piperazine rings is 1. The first kappa shape index (κ1) is 38.1. The summed E-state index contributed by atoms with van der Waals surface area (Å²) in [7, 11) is 3.24. The van der Waals surface area contributed by atoms with Gasteiger partial charge < -0.3 is 35.3 Å². The summed E-state index contributed by atoms with van der Waals surface area (Å²) < 4.78 is 19.3. The molecule has 274 valence electrons. The average molecular weight is 743 g/mol. The molecule has 3 amide bonds. The summed E-state index contributed by atoms with van der Waals surface area (Å²) in [6, 6.07) is 3.62. The molecule has 3 aliphatic rings. The van der Waals surface area contributed by atoms with Crippen molar-refractivity contribution in [2.45, 2.75) is 62.0 Å². The quantitative estimate of drug-likeness (QED) is 0.205. The Kier molecular flexibility index (Phi) is 12.3. The topological polar surface area (TPSA) is 149 Å². The molecule has 2 saturated heterocycles. The summed E-state index contributed by atoms with van der Waals surface area (Å²) in [5, 5.41) is 9.07. The van der Waals surface area contributed by atoms with E-state index in [0.717, 1.165) is 6.29 Å². The largest absolute Gasteiger partial charge is 0.495 e. The molecule has 1 saturated carbocycles. The fraction of sp³-hybridized carbons (Fsp3) is 0.543. The number of aromatic nitrogens is 2. The number of nitrogens with zero attached hydrogens (tertiary/aromatic N) is 5. The molecule has 0 bridgehead atoms. The summed E-state index contributed by atoms with van der Waals surface area (Å²) in [4.78, 5) is 65.2. The van der Waals surface area contributed by atoms with E-state index in [1.165, 1.54) is 30.0 Å². The van der Waals surface area contributed by atoms with Crippen LogP contribution in [0.25, 0.3) is 0 Å². The van der Waals surface area contributed by atoms with Crippen LogP contribution in [0.2, 0.25) is 5.02 Å². The number of carbonyl (C=O) groups excluding carboxylic acids is 4. The van der Waals surface area contributed by atoms with Crippen molar-refractivity contribution in [1.29, 1.82) is 0 Å². The fourth-order valence-corrected chi connectivity index (χ4v) is 7.03. The molecule has 3 fully saturated rings. The molecule has 1 aromatic heterocycles. The van der Waals surface area contributed by atoms with E-state index in [4.69, 9.17) is 16.3 Å². The lowest BCUT2D eigenvalue weighted by Crippen LogP contribution is -2.59. The minimum atomic E-state index is -1.93. The van der Waals surface area contributed by atoms with Crippen LogP contribution < -0.4 is 20.7 Å². The lowest BCUT2D eigenvalue weighted by atomic mass is 10.0. The van der Waals surface area contributed by atoms with Crippen LogP contribution in [0, 0.1) is 11.8 Å². The molecule has 2 aromatic rings. The van der Waals surface area contributed by atoms with Crippen molar-refractivity contribution in [3.63, 3.8) is 0 Å². The Morgan fingerprint density at radius 2 is 1.94 bits per heavy atom. The number of anilines is 3. The van der Waals surface area contributed by atoms with E-state index in [1.807, 2.05) is 13.8 Å². The zero-order valence-electron chi connectivity index (χ0n) is 29.3. The maximum Gasteiger partial charge on any atom is 0.258 e. The van der Waals surface area contributed by atoms with Gasteiger partial charge in [-0.3, -0.25) is 19.3 Å². The van der Waals surface area contributed by atoms with Crippen LogP contribution in [0.1, 0.15) is 49.9 Å². The van der Waals surface area contributed by atoms with Gasteiger partial charge in [-0.15, -0.1) is 11.8 Å². The number of methoxy groups -OCH3 is 1. The Morgan fingerprint density at radius 1 is 1.20 bits per heavy atom. The number of nitrogens with one attached hydrogen (secondary N) is 3. The molecule has 1 aliphatic carbocycles. The smallest absolute Gasteiger partial charge is 0.258 e. The van der Waals surface area contributed by atoms with Crippen LogP contribution >= 0.6 is 23.4 Å². The third-order valence-corrected chi connectivity index (χ3v) is 10.9. The summed E-state index contributed by atoms with van der Waals surface area (Å²) in [6.45, 7) is 6.97. The molecule has 0 spiro atoms. The van der Waals surface area contributed by atoms with E-state index in [-0.39, 0.29) is 24.7 Å². The molecule has 16 heteroatoms. The highest BCUT2D eigenvalue weighted by atomic mass is 35.5. The first-order valence-corrected chi connectivity index (χ1v) is 18.3. The Morgan fingerprint density at radius 3 is 2.61 bits per heavy atom. The van der Waals surface area contributed by atoms with Crippen LogP contribution in [0.15, 0.2) is 24.4 Å². The number of amides is 3. The predicted octanol–water partition coefficient (Wildman–Crippen LogP) is 3.37. The first-order chi connectivity index (χ1) is 24.4. The minimum absolute atomic E-state index is 0.102. The van der Waals surface area contributed by atoms with Gasteiger partial charge in [0.15, 0.2) is 5.67 Å². The first-order valence-electron chi connectivity index (χ1n) is 16.9. The van der Waals surface area contributed by atoms with Gasteiger partial charge in [-0.2, -0.15) is 4.98 Å². The molecule has 2 unspecified atom stereocenters. The van der Waals surface area contributed by atoms with Crippen LogP contribution in [0.3, 0.4) is 0 Å². The number of benzene rings is 1. The highest BCUT2D eigenvalue weighted by Crippen LogP contribution is 2.41. The third-order valence-electron chi connectivity index (χ3n) is 9.33. The van der Waals surface area contributed by atoms with Crippen molar-refractivity contribution < 1.29 is 28.3 Å². The lowest BCUT2D eigenvalue weighted by molar-refractivity contribution is -0.140. The molecule has 5 rings (SSSR count). The second-order valence-electron chi connectivity index (χ2n) is 13.2. The second kappa shape index (κ2) is 16.5. The standard InChI is InChI=1S/C35H44ClFN8O5S/c1-34(2,28(41-32(49)35(37)11-12-35)31(48)45-14-7-8-24(45)22-46)51-19-6-5-13-43-15-17-44(18-16-43)30(47)23-9-10-26(27(20-23)50-4)40-33-39-21-25(36)29(38-3)42-33/h9-10,20-22,24,28H,7-8,11-19H2,1-4H3,(H,41,49)(H2,38,39,40,42). The van der Waals surface area contributed by atoms with Crippen LogP contribution in [0.5, 0.6) is 5.75 Å². The molecule has 2 atom stereocenters. The minimum Gasteiger partial charge on any atom is -0.495 e. The van der Waals surface area contributed by atoms with Crippen molar-refractivity contribution in [3.8, 4) is 17.6 Å². The number of hydrogen-bond donors (Lipinski definition) is 3. The van der Waals surface area contributed by atoms with Gasteiger partial charge in [0, 0.05) is 50.1 Å². The number of likely N-dealkylation sites (tertiary alicyclic amines) is 1. The van der Waals surface area contributed by atoms with Gasteiger partial charge >= 0.3 is 0 Å². The number of rotatable bonds is 13. The number of thioether (sulfide) groups is 1. The van der Waals surface area contributed by atoms with Crippen LogP contribution in [-0.4, -0.2) is 130 Å². The van der Waals surface area contributed by atoms with Crippen molar-refractivity contribution >= 4 is 64.8 Å². The summed E-state index contributed by atoms with van der Waals surface area (Å²) in [6.07, 6.45) is 3.80. The van der Waals surface area contributed by atoms with Crippen molar-refractivity contribution in [2.24, 2.45) is 0 Å². The van der Waals surface area contributed by atoms with E-state index in [2.05, 4.69) is 42.7 Å². The Bertz CT molecular complexity index is 1690. The maximum atomic E-state index is 14.6. The molecular formula is C35H44ClFN8O5S. The summed E-state index contributed by atoms with van der Waals surface area (Å²) in [5.74, 6) is 6.74. The van der Waals surface area contributed by atoms with Gasteiger partial charge in [-0.05, 0) is 57.7 Å². The van der Waals surface area contributed by atoms with E-state index >= 15 is 0 Å².